The molecule has 0 unspecified atom stereocenters. The Bertz CT molecular complexity index is 945. The second kappa shape index (κ2) is 13.1. The van der Waals surface area contributed by atoms with Gasteiger partial charge >= 0.3 is 0 Å². The molecule has 0 amide bonds. The molecule has 9 heteroatoms. The van der Waals surface area contributed by atoms with E-state index in [4.69, 9.17) is 9.47 Å². The summed E-state index contributed by atoms with van der Waals surface area (Å²) in [6.07, 6.45) is 2.65. The molecule has 2 N–H and O–H groups in total. The van der Waals surface area contributed by atoms with Gasteiger partial charge in [-0.15, -0.1) is 35.3 Å². The first kappa shape index (κ1) is 24.9. The van der Waals surface area contributed by atoms with Crippen molar-refractivity contribution in [2.45, 2.75) is 26.8 Å². The number of aromatic nitrogens is 2. The molecule has 7 nitrogen and oxygen atoms in total. The van der Waals surface area contributed by atoms with E-state index < -0.39 is 0 Å². The number of guanidine groups is 1. The molecule has 0 atom stereocenters. The minimum atomic E-state index is 0. The second-order valence-electron chi connectivity index (χ2n) is 6.51. The first-order valence-corrected chi connectivity index (χ1v) is 10.7. The van der Waals surface area contributed by atoms with Crippen LogP contribution in [0.5, 0.6) is 17.4 Å². The summed E-state index contributed by atoms with van der Waals surface area (Å²) in [7, 11) is 1.64. The highest BCUT2D eigenvalue weighted by Gasteiger charge is 2.03. The summed E-state index contributed by atoms with van der Waals surface area (Å²) in [5.41, 5.74) is 2.11. The third-order valence-electron chi connectivity index (χ3n) is 4.18. The molecule has 0 fully saturated rings. The molecule has 3 rings (SSSR count). The molecule has 0 saturated carbocycles. The van der Waals surface area contributed by atoms with E-state index >= 15 is 0 Å². The van der Waals surface area contributed by atoms with E-state index in [1.54, 1.807) is 24.6 Å². The number of aryl methyl sites for hydroxylation is 1. The smallest absolute Gasteiger partial charge is 0.219 e. The van der Waals surface area contributed by atoms with Crippen LogP contribution in [0.3, 0.4) is 0 Å². The molecule has 0 radical (unpaired) electrons. The van der Waals surface area contributed by atoms with Crippen LogP contribution >= 0.6 is 35.3 Å². The number of methoxy groups -OCH3 is 1. The minimum Gasteiger partial charge on any atom is -0.497 e. The zero-order valence-electron chi connectivity index (χ0n) is 17.9. The van der Waals surface area contributed by atoms with E-state index in [0.29, 0.717) is 18.2 Å². The molecular formula is C22H28IN5O2S. The van der Waals surface area contributed by atoms with Crippen LogP contribution in [-0.2, 0) is 13.0 Å². The Morgan fingerprint density at radius 2 is 1.87 bits per heavy atom. The van der Waals surface area contributed by atoms with E-state index in [-0.39, 0.29) is 24.0 Å². The number of ether oxygens (including phenoxy) is 2. The van der Waals surface area contributed by atoms with E-state index in [1.165, 1.54) is 0 Å². The third-order valence-corrected chi connectivity index (χ3v) is 5.01. The zero-order valence-corrected chi connectivity index (χ0v) is 21.1. The molecule has 31 heavy (non-hydrogen) atoms. The Hall–Kier alpha value is -2.40. The Kier molecular flexibility index (Phi) is 10.5. The Morgan fingerprint density at radius 1 is 1.10 bits per heavy atom. The van der Waals surface area contributed by atoms with Crippen LogP contribution in [0.2, 0.25) is 0 Å². The monoisotopic (exact) mass is 553 g/mol. The Morgan fingerprint density at radius 3 is 2.48 bits per heavy atom. The molecule has 0 bridgehead atoms. The van der Waals surface area contributed by atoms with Crippen molar-refractivity contribution >= 4 is 41.3 Å². The molecular weight excluding hydrogens is 525 g/mol. The summed E-state index contributed by atoms with van der Waals surface area (Å²) in [5, 5.41) is 9.81. The maximum atomic E-state index is 5.76. The number of thiazole rings is 1. The van der Waals surface area contributed by atoms with Crippen LogP contribution in [0.4, 0.5) is 0 Å². The average molecular weight is 553 g/mol. The van der Waals surface area contributed by atoms with Crippen molar-refractivity contribution in [1.29, 1.82) is 0 Å². The topological polar surface area (TPSA) is 80.7 Å². The first-order chi connectivity index (χ1) is 14.7. The zero-order chi connectivity index (χ0) is 21.2. The molecule has 0 spiro atoms. The van der Waals surface area contributed by atoms with E-state index in [2.05, 4.69) is 31.0 Å². The summed E-state index contributed by atoms with van der Waals surface area (Å²) in [5.74, 6) is 2.82. The predicted octanol–water partition coefficient (Wildman–Crippen LogP) is 4.56. The third kappa shape index (κ3) is 8.33. The van der Waals surface area contributed by atoms with Crippen LogP contribution in [0.25, 0.3) is 0 Å². The fraction of sp³-hybridized carbons (Fsp3) is 0.318. The van der Waals surface area contributed by atoms with Crippen LogP contribution in [-0.4, -0.2) is 36.1 Å². The number of hydrogen-bond donors (Lipinski definition) is 2. The lowest BCUT2D eigenvalue weighted by atomic mass is 10.3. The highest BCUT2D eigenvalue weighted by Crippen LogP contribution is 2.22. The van der Waals surface area contributed by atoms with Crippen molar-refractivity contribution in [2.24, 2.45) is 4.99 Å². The van der Waals surface area contributed by atoms with Gasteiger partial charge in [0.1, 0.15) is 11.5 Å². The van der Waals surface area contributed by atoms with Gasteiger partial charge in [-0.3, -0.25) is 0 Å². The van der Waals surface area contributed by atoms with Crippen LogP contribution in [0.15, 0.2) is 53.0 Å². The van der Waals surface area contributed by atoms with Crippen molar-refractivity contribution < 1.29 is 9.47 Å². The number of rotatable bonds is 9. The quantitative estimate of drug-likeness (QED) is 0.230. The molecule has 3 aromatic rings. The van der Waals surface area contributed by atoms with Gasteiger partial charge in [-0.2, -0.15) is 0 Å². The summed E-state index contributed by atoms with van der Waals surface area (Å²) < 4.78 is 10.9. The highest BCUT2D eigenvalue weighted by atomic mass is 127. The van der Waals surface area contributed by atoms with Crippen molar-refractivity contribution in [3.63, 3.8) is 0 Å². The van der Waals surface area contributed by atoms with E-state index in [1.807, 2.05) is 50.2 Å². The van der Waals surface area contributed by atoms with Gasteiger partial charge in [0.15, 0.2) is 5.96 Å². The fourth-order valence-corrected chi connectivity index (χ4v) is 3.32. The number of halogens is 1. The normalized spacial score (nSPS) is 10.9. The van der Waals surface area contributed by atoms with Gasteiger partial charge in [0.25, 0.3) is 0 Å². The van der Waals surface area contributed by atoms with Crippen molar-refractivity contribution in [3.8, 4) is 17.4 Å². The standard InChI is InChI=1S/C22H27N5O2S.HI/c1-4-23-22(24-12-11-18-15-30-16(2)27-18)26-14-17-5-10-21(25-13-17)29-20-8-6-19(28-3)7-9-20;/h5-10,13,15H,4,11-12,14H2,1-3H3,(H2,23,24,26);1H. The molecule has 0 saturated heterocycles. The Balaban J connectivity index is 0.00000341. The Labute approximate surface area is 204 Å². The number of pyridine rings is 1. The maximum Gasteiger partial charge on any atom is 0.219 e. The SMILES string of the molecule is CCNC(=NCc1ccc(Oc2ccc(OC)cc2)nc1)NCCc1csc(C)n1.I. The number of aliphatic imine (C=N–C) groups is 1. The van der Waals surface area contributed by atoms with E-state index in [0.717, 1.165) is 47.5 Å². The number of hydrogen-bond acceptors (Lipinski definition) is 6. The van der Waals surface area contributed by atoms with Gasteiger partial charge in [0.05, 0.1) is 24.4 Å². The summed E-state index contributed by atoms with van der Waals surface area (Å²) in [6, 6.07) is 11.2. The minimum absolute atomic E-state index is 0. The van der Waals surface area contributed by atoms with Gasteiger partial charge in [-0.25, -0.2) is 15.0 Å². The molecule has 0 aliphatic carbocycles. The highest BCUT2D eigenvalue weighted by molar-refractivity contribution is 14.0. The largest absolute Gasteiger partial charge is 0.497 e. The first-order valence-electron chi connectivity index (χ1n) is 9.86. The lowest BCUT2D eigenvalue weighted by Gasteiger charge is -2.11. The van der Waals surface area contributed by atoms with Gasteiger partial charge < -0.3 is 20.1 Å². The maximum absolute atomic E-state index is 5.76. The number of nitrogens with zero attached hydrogens (tertiary/aromatic N) is 3. The molecule has 0 aliphatic heterocycles. The molecule has 1 aromatic carbocycles. The molecule has 166 valence electrons. The molecule has 2 aromatic heterocycles. The van der Waals surface area contributed by atoms with Gasteiger partial charge in [-0.1, -0.05) is 6.07 Å². The van der Waals surface area contributed by atoms with Crippen LogP contribution in [0, 0.1) is 6.92 Å². The van der Waals surface area contributed by atoms with E-state index in [9.17, 15) is 0 Å². The number of nitrogens with one attached hydrogen (secondary N) is 2. The number of benzene rings is 1. The molecule has 0 aliphatic rings. The van der Waals surface area contributed by atoms with Crippen LogP contribution in [0.1, 0.15) is 23.2 Å². The predicted molar refractivity (Wildman–Crippen MR) is 136 cm³/mol. The second-order valence-corrected chi connectivity index (χ2v) is 7.57. The van der Waals surface area contributed by atoms with Crippen molar-refractivity contribution in [1.82, 2.24) is 20.6 Å². The lowest BCUT2D eigenvalue weighted by Crippen LogP contribution is -2.38. The van der Waals surface area contributed by atoms with Crippen LogP contribution < -0.4 is 20.1 Å². The lowest BCUT2D eigenvalue weighted by molar-refractivity contribution is 0.412. The van der Waals surface area contributed by atoms with Gasteiger partial charge in [-0.05, 0) is 43.7 Å². The van der Waals surface area contributed by atoms with Crippen molar-refractivity contribution in [3.05, 3.63) is 64.2 Å². The average Bonchev–Trinajstić information content (AvgIpc) is 3.18. The molecule has 2 heterocycles. The fourth-order valence-electron chi connectivity index (χ4n) is 2.67. The van der Waals surface area contributed by atoms with Crippen molar-refractivity contribution in [2.75, 3.05) is 20.2 Å². The summed E-state index contributed by atoms with van der Waals surface area (Å²) in [6.45, 7) is 6.18. The summed E-state index contributed by atoms with van der Waals surface area (Å²) in [4.78, 5) is 13.5. The van der Waals surface area contributed by atoms with Gasteiger partial charge in [0.2, 0.25) is 5.88 Å². The summed E-state index contributed by atoms with van der Waals surface area (Å²) >= 11 is 1.68. The van der Waals surface area contributed by atoms with Gasteiger partial charge in [0, 0.05) is 37.2 Å².